The maximum absolute atomic E-state index is 2.65. The predicted octanol–water partition coefficient (Wildman–Crippen LogP) is 4.81. The fourth-order valence-corrected chi connectivity index (χ4v) is 11.6. The van der Waals surface area contributed by atoms with Gasteiger partial charge in [0.2, 0.25) is 0 Å². The van der Waals surface area contributed by atoms with E-state index in [1.54, 1.807) is 8.35 Å². The molecule has 0 aliphatic carbocycles. The fourth-order valence-electron chi connectivity index (χ4n) is 2.83. The quantitative estimate of drug-likeness (QED) is 0.581. The molecular weight excluding hydrogens is 309 g/mol. The zero-order valence-electron chi connectivity index (χ0n) is 13.3. The molecule has 0 heterocycles. The van der Waals surface area contributed by atoms with Crippen LogP contribution in [0, 0.1) is 0 Å². The van der Waals surface area contributed by atoms with Crippen LogP contribution in [0.25, 0.3) is 0 Å². The minimum absolute atomic E-state index is 0.703. The van der Waals surface area contributed by atoms with Crippen molar-refractivity contribution in [2.75, 3.05) is 6.54 Å². The first-order valence-electron chi connectivity index (χ1n) is 7.65. The Morgan fingerprint density at radius 3 is 1.76 bits per heavy atom. The summed E-state index contributed by atoms with van der Waals surface area (Å²) in [6, 6.07) is 1.41. The van der Waals surface area contributed by atoms with Crippen LogP contribution in [0.5, 0.6) is 0 Å². The normalized spacial score (nSPS) is 12.2. The summed E-state index contributed by atoms with van der Waals surface area (Å²) < 4.78 is 4.29. The second-order valence-electron chi connectivity index (χ2n) is 6.36. The van der Waals surface area contributed by atoms with Crippen molar-refractivity contribution in [2.24, 2.45) is 0 Å². The zero-order chi connectivity index (χ0) is 13.4. The Morgan fingerprint density at radius 2 is 1.41 bits per heavy atom. The third-order valence-corrected chi connectivity index (χ3v) is 16.3. The molecule has 102 valence electrons. The average Bonchev–Trinajstić information content (AvgIpc) is 2.20. The molecule has 0 aliphatic heterocycles. The van der Waals surface area contributed by atoms with Crippen LogP contribution in [0.1, 0.15) is 61.3 Å². The molecule has 0 aromatic rings. The van der Waals surface area contributed by atoms with Crippen molar-refractivity contribution in [3.8, 4) is 0 Å². The van der Waals surface area contributed by atoms with Crippen LogP contribution in [0.2, 0.25) is 12.0 Å². The molecule has 0 saturated heterocycles. The first-order valence-corrected chi connectivity index (χ1v) is 14.2. The molecule has 0 N–H and O–H groups in total. The summed E-state index contributed by atoms with van der Waals surface area (Å²) in [5, 5.41) is 0. The number of nitrogens with zero attached hydrogens (tertiary/aromatic N) is 1. The average molecular weight is 343 g/mol. The predicted molar refractivity (Wildman–Crippen MR) is 82.4 cm³/mol. The summed E-state index contributed by atoms with van der Waals surface area (Å²) in [5.74, 6) is 0. The van der Waals surface area contributed by atoms with Gasteiger partial charge in [-0.3, -0.25) is 0 Å². The van der Waals surface area contributed by atoms with Crippen molar-refractivity contribution in [1.29, 1.82) is 0 Å². The SMILES string of the molecule is CC[CH2][In]([CH2]CCN(C(C)C)C(C)C)[CH](C)C. The van der Waals surface area contributed by atoms with Crippen molar-refractivity contribution in [2.45, 2.75) is 85.4 Å². The van der Waals surface area contributed by atoms with Crippen LogP contribution in [0.4, 0.5) is 0 Å². The first kappa shape index (κ1) is 17.8. The van der Waals surface area contributed by atoms with Gasteiger partial charge in [-0.2, -0.15) is 0 Å². The van der Waals surface area contributed by atoms with Crippen LogP contribution in [-0.4, -0.2) is 45.0 Å². The number of rotatable bonds is 9. The molecule has 0 aliphatic rings. The van der Waals surface area contributed by atoms with Gasteiger partial charge in [-0.1, -0.05) is 0 Å². The molecule has 0 saturated carbocycles. The molecule has 0 aromatic carbocycles. The Hall–Kier alpha value is 0.830. The summed E-state index contributed by atoms with van der Waals surface area (Å²) in [4.78, 5) is 2.65. The van der Waals surface area contributed by atoms with Gasteiger partial charge in [-0.25, -0.2) is 0 Å². The number of hydrogen-bond acceptors (Lipinski definition) is 1. The molecule has 17 heavy (non-hydrogen) atoms. The topological polar surface area (TPSA) is 3.24 Å². The van der Waals surface area contributed by atoms with Gasteiger partial charge in [0.25, 0.3) is 0 Å². The van der Waals surface area contributed by atoms with Crippen LogP contribution < -0.4 is 0 Å². The van der Waals surface area contributed by atoms with Gasteiger partial charge in [0, 0.05) is 0 Å². The van der Waals surface area contributed by atoms with E-state index in [0.717, 1.165) is 3.67 Å². The molecule has 0 atom stereocenters. The van der Waals surface area contributed by atoms with Crippen molar-refractivity contribution in [3.05, 3.63) is 0 Å². The van der Waals surface area contributed by atoms with Crippen LogP contribution in [-0.2, 0) is 0 Å². The summed E-state index contributed by atoms with van der Waals surface area (Å²) in [6.07, 6.45) is 2.88. The molecule has 0 aromatic heterocycles. The van der Waals surface area contributed by atoms with Gasteiger partial charge < -0.3 is 0 Å². The van der Waals surface area contributed by atoms with Gasteiger partial charge in [0.05, 0.1) is 0 Å². The van der Waals surface area contributed by atoms with E-state index in [0.29, 0.717) is 12.1 Å². The maximum atomic E-state index is 2.65. The molecule has 2 heteroatoms. The van der Waals surface area contributed by atoms with Crippen molar-refractivity contribution in [3.63, 3.8) is 0 Å². The van der Waals surface area contributed by atoms with Gasteiger partial charge >= 0.3 is 118 Å². The van der Waals surface area contributed by atoms with Crippen LogP contribution >= 0.6 is 0 Å². The van der Waals surface area contributed by atoms with E-state index in [1.807, 2.05) is 0 Å². The van der Waals surface area contributed by atoms with Crippen LogP contribution in [0.3, 0.4) is 0 Å². The Labute approximate surface area is 118 Å². The van der Waals surface area contributed by atoms with E-state index in [2.05, 4.69) is 53.4 Å². The summed E-state index contributed by atoms with van der Waals surface area (Å²) >= 11 is -1.17. The molecule has 0 fully saturated rings. The van der Waals surface area contributed by atoms with Crippen molar-refractivity contribution in [1.82, 2.24) is 4.90 Å². The summed E-state index contributed by atoms with van der Waals surface area (Å²) in [5.41, 5.74) is 0. The molecule has 0 rings (SSSR count). The number of hydrogen-bond donors (Lipinski definition) is 0. The third kappa shape index (κ3) is 7.77. The Kier molecular flexibility index (Phi) is 10.2. The second kappa shape index (κ2) is 9.72. The summed E-state index contributed by atoms with van der Waals surface area (Å²) in [6.45, 7) is 17.9. The third-order valence-electron chi connectivity index (χ3n) is 3.92. The van der Waals surface area contributed by atoms with Crippen LogP contribution in [0.15, 0.2) is 0 Å². The molecule has 0 spiro atoms. The van der Waals surface area contributed by atoms with Gasteiger partial charge in [0.15, 0.2) is 0 Å². The molecular formula is C15H34InN. The second-order valence-corrected chi connectivity index (χ2v) is 17.8. The zero-order valence-corrected chi connectivity index (χ0v) is 16.6. The van der Waals surface area contributed by atoms with E-state index in [4.69, 9.17) is 0 Å². The first-order chi connectivity index (χ1) is 7.90. The van der Waals surface area contributed by atoms with Gasteiger partial charge in [-0.15, -0.1) is 0 Å². The van der Waals surface area contributed by atoms with E-state index >= 15 is 0 Å². The fraction of sp³-hybridized carbons (Fsp3) is 1.00. The molecule has 0 bridgehead atoms. The molecule has 0 amide bonds. The van der Waals surface area contributed by atoms with Gasteiger partial charge in [-0.05, 0) is 0 Å². The molecule has 1 nitrogen and oxygen atoms in total. The Bertz CT molecular complexity index is 170. The Morgan fingerprint density at radius 1 is 0.882 bits per heavy atom. The van der Waals surface area contributed by atoms with E-state index < -0.39 is 21.4 Å². The van der Waals surface area contributed by atoms with E-state index in [-0.39, 0.29) is 0 Å². The van der Waals surface area contributed by atoms with Crippen molar-refractivity contribution >= 4 is 21.4 Å². The monoisotopic (exact) mass is 343 g/mol. The van der Waals surface area contributed by atoms with Crippen molar-refractivity contribution < 1.29 is 0 Å². The standard InChI is InChI=1S/C9H20N.2C3H7.In/c1-6-7-10(8(2)3)9(4)5;2*1-3-2;/h8-9H,1,6-7H2,2-5H3;3H,1-2H3;1,3H2,2H3;. The molecule has 0 radical (unpaired) electrons. The molecule has 0 unspecified atom stereocenters. The van der Waals surface area contributed by atoms with Gasteiger partial charge in [0.1, 0.15) is 0 Å². The van der Waals surface area contributed by atoms with E-state index in [9.17, 15) is 0 Å². The minimum atomic E-state index is -1.17. The summed E-state index contributed by atoms with van der Waals surface area (Å²) in [7, 11) is 0. The van der Waals surface area contributed by atoms with E-state index in [1.165, 1.54) is 19.4 Å². The Balaban J connectivity index is 4.00.